The molecule has 1 aromatic heterocycles. The first-order chi connectivity index (χ1) is 9.86. The van der Waals surface area contributed by atoms with Gasteiger partial charge in [-0.3, -0.25) is 0 Å². The third kappa shape index (κ3) is 2.59. The summed E-state index contributed by atoms with van der Waals surface area (Å²) >= 11 is 0. The third-order valence-corrected chi connectivity index (χ3v) is 3.12. The number of fused-ring (bicyclic) bond motifs is 1. The van der Waals surface area contributed by atoms with Gasteiger partial charge in [-0.1, -0.05) is 0 Å². The van der Waals surface area contributed by atoms with Crippen molar-refractivity contribution in [3.05, 3.63) is 36.4 Å². The molecule has 0 atom stereocenters. The fourth-order valence-corrected chi connectivity index (χ4v) is 2.08. The molecule has 1 aliphatic rings. The number of imidazole rings is 1. The molecule has 0 saturated heterocycles. The van der Waals surface area contributed by atoms with E-state index in [4.69, 9.17) is 9.47 Å². The Morgan fingerprint density at radius 3 is 3.10 bits per heavy atom. The number of methoxy groups -OCH3 is 1. The van der Waals surface area contributed by atoms with Gasteiger partial charge >= 0.3 is 0 Å². The molecule has 0 saturated carbocycles. The lowest BCUT2D eigenvalue weighted by Crippen LogP contribution is -2.14. The highest BCUT2D eigenvalue weighted by Gasteiger charge is 2.12. The van der Waals surface area contributed by atoms with Crippen molar-refractivity contribution in [1.29, 1.82) is 0 Å². The second-order valence-corrected chi connectivity index (χ2v) is 4.42. The average molecular weight is 272 g/mol. The lowest BCUT2D eigenvalue weighted by atomic mass is 10.1. The van der Waals surface area contributed by atoms with Gasteiger partial charge in [-0.05, 0) is 6.07 Å². The fraction of sp³-hybridized carbons (Fsp3) is 0.286. The van der Waals surface area contributed by atoms with Crippen molar-refractivity contribution < 1.29 is 9.47 Å². The van der Waals surface area contributed by atoms with E-state index in [2.05, 4.69) is 15.3 Å². The Labute approximate surface area is 117 Å². The summed E-state index contributed by atoms with van der Waals surface area (Å²) in [5.74, 6) is 1.44. The minimum atomic E-state index is 0.549. The predicted octanol–water partition coefficient (Wildman–Crippen LogP) is 1.73. The second kappa shape index (κ2) is 5.64. The summed E-state index contributed by atoms with van der Waals surface area (Å²) in [6, 6.07) is 3.88. The zero-order valence-electron chi connectivity index (χ0n) is 11.2. The second-order valence-electron chi connectivity index (χ2n) is 4.42. The van der Waals surface area contributed by atoms with Gasteiger partial charge in [0.25, 0.3) is 0 Å². The minimum absolute atomic E-state index is 0.549. The Bertz CT molecular complexity index is 608. The van der Waals surface area contributed by atoms with E-state index in [-0.39, 0.29) is 0 Å². The summed E-state index contributed by atoms with van der Waals surface area (Å²) in [4.78, 5) is 8.30. The van der Waals surface area contributed by atoms with Crippen LogP contribution in [0.4, 0.5) is 5.69 Å². The van der Waals surface area contributed by atoms with Crippen molar-refractivity contribution >= 4 is 12.0 Å². The molecule has 0 amide bonds. The molecule has 6 nitrogen and oxygen atoms in total. The van der Waals surface area contributed by atoms with Crippen LogP contribution in [0.25, 0.3) is 0 Å². The summed E-state index contributed by atoms with van der Waals surface area (Å²) in [7, 11) is 1.64. The van der Waals surface area contributed by atoms with Crippen LogP contribution >= 0.6 is 0 Å². The zero-order valence-corrected chi connectivity index (χ0v) is 11.2. The molecule has 0 bridgehead atoms. The van der Waals surface area contributed by atoms with Gasteiger partial charge < -0.3 is 19.4 Å². The van der Waals surface area contributed by atoms with Crippen molar-refractivity contribution in [2.24, 2.45) is 4.99 Å². The Kier molecular flexibility index (Phi) is 3.54. The number of aromatic nitrogens is 2. The molecular weight excluding hydrogens is 256 g/mol. The molecule has 104 valence electrons. The fourth-order valence-electron chi connectivity index (χ4n) is 2.08. The van der Waals surface area contributed by atoms with Gasteiger partial charge in [0.2, 0.25) is 0 Å². The molecule has 2 heterocycles. The maximum atomic E-state index is 5.80. The topological polar surface area (TPSA) is 60.7 Å². The molecular formula is C14H16N4O2. The van der Waals surface area contributed by atoms with Gasteiger partial charge in [0.05, 0.1) is 32.0 Å². The van der Waals surface area contributed by atoms with Gasteiger partial charge in [0, 0.05) is 30.6 Å². The van der Waals surface area contributed by atoms with Crippen molar-refractivity contribution in [3.8, 4) is 11.5 Å². The van der Waals surface area contributed by atoms with E-state index >= 15 is 0 Å². The SMILES string of the molecule is COc1cc2c(cc1OCCn1ccnc1)N=CNC2. The summed E-state index contributed by atoms with van der Waals surface area (Å²) in [5, 5.41) is 3.08. The van der Waals surface area contributed by atoms with E-state index in [1.54, 1.807) is 26.0 Å². The van der Waals surface area contributed by atoms with Crippen LogP contribution in [-0.4, -0.2) is 29.6 Å². The number of hydrogen-bond acceptors (Lipinski definition) is 5. The van der Waals surface area contributed by atoms with Gasteiger partial charge in [-0.2, -0.15) is 0 Å². The third-order valence-electron chi connectivity index (χ3n) is 3.12. The number of ether oxygens (including phenoxy) is 2. The molecule has 1 aromatic carbocycles. The molecule has 3 rings (SSSR count). The van der Waals surface area contributed by atoms with Crippen molar-refractivity contribution in [3.63, 3.8) is 0 Å². The van der Waals surface area contributed by atoms with E-state index in [1.165, 1.54) is 0 Å². The highest BCUT2D eigenvalue weighted by atomic mass is 16.5. The van der Waals surface area contributed by atoms with Crippen LogP contribution in [-0.2, 0) is 13.1 Å². The number of benzene rings is 1. The zero-order chi connectivity index (χ0) is 13.8. The van der Waals surface area contributed by atoms with Crippen molar-refractivity contribution in [2.45, 2.75) is 13.1 Å². The molecule has 0 radical (unpaired) electrons. The summed E-state index contributed by atoms with van der Waals surface area (Å²) in [6.45, 7) is 2.04. The molecule has 20 heavy (non-hydrogen) atoms. The van der Waals surface area contributed by atoms with E-state index < -0.39 is 0 Å². The standard InChI is InChI=1S/C14H16N4O2/c1-19-13-6-11-8-16-9-17-12(11)7-14(13)20-5-4-18-3-2-15-10-18/h2-3,6-7,9-10H,4-5,8H2,1H3,(H,16,17). The van der Waals surface area contributed by atoms with E-state index in [9.17, 15) is 0 Å². The normalized spacial score (nSPS) is 12.7. The number of hydrogen-bond donors (Lipinski definition) is 1. The smallest absolute Gasteiger partial charge is 0.163 e. The maximum Gasteiger partial charge on any atom is 0.163 e. The molecule has 0 spiro atoms. The van der Waals surface area contributed by atoms with E-state index in [0.29, 0.717) is 12.4 Å². The van der Waals surface area contributed by atoms with Crippen LogP contribution in [0, 0.1) is 0 Å². The van der Waals surface area contributed by atoms with Gasteiger partial charge in [-0.25, -0.2) is 9.98 Å². The summed E-state index contributed by atoms with van der Waals surface area (Å²) in [6.07, 6.45) is 7.12. The van der Waals surface area contributed by atoms with Crippen molar-refractivity contribution in [1.82, 2.24) is 14.9 Å². The quantitative estimate of drug-likeness (QED) is 0.900. The highest BCUT2D eigenvalue weighted by molar-refractivity contribution is 5.69. The van der Waals surface area contributed by atoms with Gasteiger partial charge in [0.15, 0.2) is 11.5 Å². The number of aliphatic imine (C=N–C) groups is 1. The van der Waals surface area contributed by atoms with E-state index in [0.717, 1.165) is 30.1 Å². The van der Waals surface area contributed by atoms with Gasteiger partial charge in [-0.15, -0.1) is 0 Å². The monoisotopic (exact) mass is 272 g/mol. The molecule has 1 aliphatic heterocycles. The summed E-state index contributed by atoms with van der Waals surface area (Å²) in [5.41, 5.74) is 2.02. The summed E-state index contributed by atoms with van der Waals surface area (Å²) < 4.78 is 13.1. The van der Waals surface area contributed by atoms with Crippen LogP contribution in [0.15, 0.2) is 35.8 Å². The largest absolute Gasteiger partial charge is 0.493 e. The van der Waals surface area contributed by atoms with Crippen LogP contribution in [0.1, 0.15) is 5.56 Å². The van der Waals surface area contributed by atoms with Crippen molar-refractivity contribution in [2.75, 3.05) is 13.7 Å². The lowest BCUT2D eigenvalue weighted by Gasteiger charge is -2.16. The first-order valence-corrected chi connectivity index (χ1v) is 6.42. The van der Waals surface area contributed by atoms with Gasteiger partial charge in [0.1, 0.15) is 6.61 Å². The molecule has 2 aromatic rings. The lowest BCUT2D eigenvalue weighted by molar-refractivity contribution is 0.279. The molecule has 0 unspecified atom stereocenters. The average Bonchev–Trinajstić information content (AvgIpc) is 3.00. The Morgan fingerprint density at radius 2 is 2.30 bits per heavy atom. The van der Waals surface area contributed by atoms with Crippen LogP contribution in [0.5, 0.6) is 11.5 Å². The molecule has 6 heteroatoms. The van der Waals surface area contributed by atoms with E-state index in [1.807, 2.05) is 22.9 Å². The number of nitrogens with one attached hydrogen (secondary N) is 1. The molecule has 0 fully saturated rings. The van der Waals surface area contributed by atoms with Crippen LogP contribution in [0.3, 0.4) is 0 Å². The Morgan fingerprint density at radius 1 is 1.35 bits per heavy atom. The predicted molar refractivity (Wildman–Crippen MR) is 75.7 cm³/mol. The number of rotatable bonds is 5. The Balaban J connectivity index is 1.73. The highest BCUT2D eigenvalue weighted by Crippen LogP contribution is 2.35. The van der Waals surface area contributed by atoms with Crippen LogP contribution in [0.2, 0.25) is 0 Å². The first kappa shape index (κ1) is 12.5. The van der Waals surface area contributed by atoms with Crippen LogP contribution < -0.4 is 14.8 Å². The minimum Gasteiger partial charge on any atom is -0.493 e. The Hall–Kier alpha value is -2.50. The maximum absolute atomic E-state index is 5.80. The number of nitrogens with zero attached hydrogens (tertiary/aromatic N) is 3. The molecule has 0 aliphatic carbocycles. The first-order valence-electron chi connectivity index (χ1n) is 6.42. The molecule has 1 N–H and O–H groups in total.